The highest BCUT2D eigenvalue weighted by atomic mass is 16.2. The van der Waals surface area contributed by atoms with Gasteiger partial charge in [0.2, 0.25) is 5.96 Å². The first kappa shape index (κ1) is 20.0. The van der Waals surface area contributed by atoms with Gasteiger partial charge in [-0.3, -0.25) is 10.3 Å². The van der Waals surface area contributed by atoms with Crippen LogP contribution in [-0.2, 0) is 0 Å². The van der Waals surface area contributed by atoms with Crippen molar-refractivity contribution in [3.63, 3.8) is 0 Å². The fraction of sp³-hybridized carbons (Fsp3) is 0.0870. The van der Waals surface area contributed by atoms with Crippen molar-refractivity contribution in [2.24, 2.45) is 4.99 Å². The van der Waals surface area contributed by atoms with Crippen LogP contribution in [0.25, 0.3) is 10.9 Å². The van der Waals surface area contributed by atoms with Gasteiger partial charge in [-0.2, -0.15) is 4.99 Å². The summed E-state index contributed by atoms with van der Waals surface area (Å²) in [5.74, 6) is 0.421. The van der Waals surface area contributed by atoms with Gasteiger partial charge in [0.1, 0.15) is 0 Å². The number of hydrogen-bond donors (Lipinski definition) is 3. The van der Waals surface area contributed by atoms with E-state index in [2.05, 4.69) is 35.9 Å². The number of aromatic nitrogens is 3. The summed E-state index contributed by atoms with van der Waals surface area (Å²) in [6.07, 6.45) is 1.68. The number of nitrogens with one attached hydrogen (secondary N) is 3. The van der Waals surface area contributed by atoms with Crippen molar-refractivity contribution in [1.82, 2.24) is 20.3 Å². The Balaban J connectivity index is 1.62. The van der Waals surface area contributed by atoms with E-state index in [0.29, 0.717) is 11.4 Å². The molecule has 0 aliphatic rings. The van der Waals surface area contributed by atoms with Crippen LogP contribution in [0.1, 0.15) is 11.4 Å². The summed E-state index contributed by atoms with van der Waals surface area (Å²) in [6, 6.07) is 20.3. The summed E-state index contributed by atoms with van der Waals surface area (Å²) < 4.78 is 0. The van der Waals surface area contributed by atoms with Gasteiger partial charge >= 0.3 is 6.03 Å². The number of amides is 2. The van der Waals surface area contributed by atoms with Crippen LogP contribution in [0.3, 0.4) is 0 Å². The smallest absolute Gasteiger partial charge is 0.324 e. The predicted molar refractivity (Wildman–Crippen MR) is 123 cm³/mol. The van der Waals surface area contributed by atoms with Crippen molar-refractivity contribution >= 4 is 40.2 Å². The van der Waals surface area contributed by atoms with Gasteiger partial charge in [-0.1, -0.05) is 36.4 Å². The molecule has 8 heteroatoms. The second-order valence-electron chi connectivity index (χ2n) is 6.90. The number of para-hydroxylation sites is 2. The SMILES string of the molecule is Cc1cc(C)nc(/N=C(/NC(=O)Nc2ccccc2)Nc2cnc3ccccc3c2)n1. The molecule has 4 rings (SSSR count). The van der Waals surface area contributed by atoms with Crippen LogP contribution in [0.4, 0.5) is 22.1 Å². The van der Waals surface area contributed by atoms with E-state index in [0.717, 1.165) is 22.3 Å². The lowest BCUT2D eigenvalue weighted by molar-refractivity contribution is 0.256. The average molecular weight is 411 g/mol. The van der Waals surface area contributed by atoms with E-state index in [1.54, 1.807) is 18.3 Å². The third-order valence-electron chi connectivity index (χ3n) is 4.30. The molecule has 2 aromatic heterocycles. The Bertz CT molecular complexity index is 1240. The molecule has 0 aliphatic heterocycles. The van der Waals surface area contributed by atoms with E-state index < -0.39 is 6.03 Å². The van der Waals surface area contributed by atoms with Crippen LogP contribution in [0, 0.1) is 13.8 Å². The van der Waals surface area contributed by atoms with Gasteiger partial charge in [-0.15, -0.1) is 0 Å². The summed E-state index contributed by atoms with van der Waals surface area (Å²) in [4.78, 5) is 30.1. The molecule has 154 valence electrons. The highest BCUT2D eigenvalue weighted by Gasteiger charge is 2.10. The number of nitrogens with zero attached hydrogens (tertiary/aromatic N) is 4. The van der Waals surface area contributed by atoms with Gasteiger partial charge in [0.15, 0.2) is 0 Å². The summed E-state index contributed by atoms with van der Waals surface area (Å²) >= 11 is 0. The summed E-state index contributed by atoms with van der Waals surface area (Å²) in [5.41, 5.74) is 3.77. The normalized spacial score (nSPS) is 11.2. The molecule has 0 unspecified atom stereocenters. The van der Waals surface area contributed by atoms with E-state index >= 15 is 0 Å². The number of rotatable bonds is 3. The fourth-order valence-corrected chi connectivity index (χ4v) is 3.01. The zero-order valence-electron chi connectivity index (χ0n) is 17.1. The van der Waals surface area contributed by atoms with Crippen LogP contribution in [0.15, 0.2) is 77.9 Å². The lowest BCUT2D eigenvalue weighted by atomic mass is 10.2. The largest absolute Gasteiger partial charge is 0.326 e. The van der Waals surface area contributed by atoms with Crippen LogP contribution in [-0.4, -0.2) is 26.9 Å². The van der Waals surface area contributed by atoms with Gasteiger partial charge in [-0.25, -0.2) is 14.8 Å². The molecule has 31 heavy (non-hydrogen) atoms. The quantitative estimate of drug-likeness (QED) is 0.339. The average Bonchev–Trinajstić information content (AvgIpc) is 2.73. The standard InChI is InChI=1S/C23H21N7O/c1-15-12-16(2)26-21(25-15)29-22(30-23(31)28-18-9-4-3-5-10-18)27-19-13-17-8-6-7-11-20(17)24-14-19/h3-14H,1-2H3,(H3,25,26,27,28,29,30,31). The van der Waals surface area contributed by atoms with Gasteiger partial charge in [0.05, 0.1) is 17.4 Å². The van der Waals surface area contributed by atoms with E-state index in [1.165, 1.54) is 0 Å². The highest BCUT2D eigenvalue weighted by molar-refractivity contribution is 6.08. The highest BCUT2D eigenvalue weighted by Crippen LogP contribution is 2.16. The Kier molecular flexibility index (Phi) is 5.79. The van der Waals surface area contributed by atoms with Crippen molar-refractivity contribution in [1.29, 1.82) is 0 Å². The number of pyridine rings is 1. The molecular formula is C23H21N7O. The Hall–Kier alpha value is -4.33. The van der Waals surface area contributed by atoms with Gasteiger partial charge in [-0.05, 0) is 44.2 Å². The van der Waals surface area contributed by atoms with Crippen molar-refractivity contribution in [2.45, 2.75) is 13.8 Å². The third kappa shape index (κ3) is 5.39. The predicted octanol–water partition coefficient (Wildman–Crippen LogP) is 4.56. The molecule has 0 aliphatic carbocycles. The molecule has 2 heterocycles. The number of anilines is 2. The minimum atomic E-state index is -0.449. The lowest BCUT2D eigenvalue weighted by Gasteiger charge is -2.13. The summed E-state index contributed by atoms with van der Waals surface area (Å²) in [7, 11) is 0. The van der Waals surface area contributed by atoms with Crippen molar-refractivity contribution in [3.8, 4) is 0 Å². The maximum atomic E-state index is 12.6. The first-order chi connectivity index (χ1) is 15.0. The fourth-order valence-electron chi connectivity index (χ4n) is 3.01. The molecular weight excluding hydrogens is 390 g/mol. The molecule has 0 fully saturated rings. The third-order valence-corrected chi connectivity index (χ3v) is 4.30. The number of benzene rings is 2. The Labute approximate surface area is 179 Å². The minimum Gasteiger partial charge on any atom is -0.324 e. The van der Waals surface area contributed by atoms with Crippen molar-refractivity contribution < 1.29 is 4.79 Å². The molecule has 2 aromatic carbocycles. The number of aryl methyl sites for hydroxylation is 2. The zero-order chi connectivity index (χ0) is 21.6. The van der Waals surface area contributed by atoms with E-state index in [9.17, 15) is 4.79 Å². The van der Waals surface area contributed by atoms with E-state index in [1.807, 2.05) is 68.4 Å². The van der Waals surface area contributed by atoms with E-state index in [4.69, 9.17) is 0 Å². The zero-order valence-corrected chi connectivity index (χ0v) is 17.1. The molecule has 0 spiro atoms. The Morgan fingerprint density at radius 2 is 1.55 bits per heavy atom. The lowest BCUT2D eigenvalue weighted by Crippen LogP contribution is -2.38. The molecule has 0 radical (unpaired) electrons. The van der Waals surface area contributed by atoms with Crippen LogP contribution < -0.4 is 16.0 Å². The van der Waals surface area contributed by atoms with Gasteiger partial charge < -0.3 is 10.6 Å². The molecule has 0 atom stereocenters. The van der Waals surface area contributed by atoms with Crippen molar-refractivity contribution in [3.05, 3.63) is 84.3 Å². The van der Waals surface area contributed by atoms with Crippen LogP contribution in [0.5, 0.6) is 0 Å². The minimum absolute atomic E-state index is 0.176. The molecule has 8 nitrogen and oxygen atoms in total. The van der Waals surface area contributed by atoms with Crippen LogP contribution >= 0.6 is 0 Å². The molecule has 0 bridgehead atoms. The van der Waals surface area contributed by atoms with Crippen molar-refractivity contribution in [2.75, 3.05) is 10.6 Å². The molecule has 0 saturated carbocycles. The number of carbonyl (C=O) groups is 1. The summed E-state index contributed by atoms with van der Waals surface area (Å²) in [5, 5.41) is 9.57. The summed E-state index contributed by atoms with van der Waals surface area (Å²) in [6.45, 7) is 3.73. The van der Waals surface area contributed by atoms with Gasteiger partial charge in [0, 0.05) is 22.5 Å². The number of aliphatic imine (C=N–C) groups is 1. The second kappa shape index (κ2) is 9.00. The Morgan fingerprint density at radius 1 is 0.839 bits per heavy atom. The number of carbonyl (C=O) groups excluding carboxylic acids is 1. The molecule has 3 N–H and O–H groups in total. The van der Waals surface area contributed by atoms with Crippen LogP contribution in [0.2, 0.25) is 0 Å². The number of hydrogen-bond acceptors (Lipinski definition) is 5. The van der Waals surface area contributed by atoms with Gasteiger partial charge in [0.25, 0.3) is 5.95 Å². The maximum absolute atomic E-state index is 12.6. The molecule has 0 saturated heterocycles. The monoisotopic (exact) mass is 411 g/mol. The Morgan fingerprint density at radius 3 is 2.32 bits per heavy atom. The molecule has 2 amide bonds. The first-order valence-electron chi connectivity index (χ1n) is 9.71. The van der Waals surface area contributed by atoms with E-state index in [-0.39, 0.29) is 11.9 Å². The maximum Gasteiger partial charge on any atom is 0.326 e. The second-order valence-corrected chi connectivity index (χ2v) is 6.90. The number of guanidine groups is 1. The number of urea groups is 1. The molecule has 4 aromatic rings. The first-order valence-corrected chi connectivity index (χ1v) is 9.71. The number of fused-ring (bicyclic) bond motifs is 1. The topological polar surface area (TPSA) is 104 Å².